The van der Waals surface area contributed by atoms with E-state index in [0.717, 1.165) is 0 Å². The van der Waals surface area contributed by atoms with Gasteiger partial charge in [0.1, 0.15) is 0 Å². The number of halogens is 1. The first-order chi connectivity index (χ1) is 11.8. The summed E-state index contributed by atoms with van der Waals surface area (Å²) in [5.74, 6) is 0.673. The highest BCUT2D eigenvalue weighted by Gasteiger charge is 2.21. The Bertz CT molecular complexity index is 726. The summed E-state index contributed by atoms with van der Waals surface area (Å²) in [7, 11) is -1.72. The minimum absolute atomic E-state index is 0.0406. The summed E-state index contributed by atoms with van der Waals surface area (Å²) in [5, 5.41) is 3.59. The van der Waals surface area contributed by atoms with Crippen molar-refractivity contribution in [3.05, 3.63) is 29.3 Å². The van der Waals surface area contributed by atoms with Crippen molar-refractivity contribution in [3.63, 3.8) is 0 Å². The van der Waals surface area contributed by atoms with Gasteiger partial charge in [-0.05, 0) is 24.3 Å². The van der Waals surface area contributed by atoms with E-state index in [1.54, 1.807) is 31.0 Å². The number of carbonyl (C=O) groups excluding carboxylic acids is 1. The molecule has 0 saturated carbocycles. The standard InChI is InChI=1S/C16H23ClN4O3S/c1-13(22)20-8-10-21(11-9-20)16(18-2)19-7-12-25(23,24)15-5-3-14(17)4-6-15/h3-6H,7-12H2,1-2H3,(H,18,19). The lowest BCUT2D eigenvalue weighted by molar-refractivity contribution is -0.130. The molecule has 2 rings (SSSR count). The minimum Gasteiger partial charge on any atom is -0.355 e. The molecule has 1 N–H and O–H groups in total. The summed E-state index contributed by atoms with van der Waals surface area (Å²) < 4.78 is 24.7. The van der Waals surface area contributed by atoms with Gasteiger partial charge in [-0.25, -0.2) is 8.42 Å². The van der Waals surface area contributed by atoms with E-state index in [-0.39, 0.29) is 23.1 Å². The Labute approximate surface area is 153 Å². The molecule has 1 amide bonds. The van der Waals surface area contributed by atoms with Gasteiger partial charge in [0, 0.05) is 51.7 Å². The zero-order valence-electron chi connectivity index (χ0n) is 14.4. The first kappa shape index (κ1) is 19.5. The smallest absolute Gasteiger partial charge is 0.219 e. The predicted octanol–water partition coefficient (Wildman–Crippen LogP) is 0.853. The molecule has 0 unspecified atom stereocenters. The van der Waals surface area contributed by atoms with Crippen LogP contribution in [0.4, 0.5) is 0 Å². The van der Waals surface area contributed by atoms with Gasteiger partial charge in [-0.1, -0.05) is 11.6 Å². The maximum absolute atomic E-state index is 12.3. The number of carbonyl (C=O) groups is 1. The van der Waals surface area contributed by atoms with Crippen molar-refractivity contribution in [2.45, 2.75) is 11.8 Å². The summed E-state index contributed by atoms with van der Waals surface area (Å²) in [5.41, 5.74) is 0. The number of hydrogen-bond acceptors (Lipinski definition) is 4. The number of benzene rings is 1. The average Bonchev–Trinajstić information content (AvgIpc) is 2.59. The van der Waals surface area contributed by atoms with Crippen LogP contribution in [0.5, 0.6) is 0 Å². The van der Waals surface area contributed by atoms with E-state index in [4.69, 9.17) is 11.6 Å². The van der Waals surface area contributed by atoms with E-state index in [2.05, 4.69) is 10.3 Å². The number of guanidine groups is 1. The summed E-state index contributed by atoms with van der Waals surface area (Å²) in [6.45, 7) is 4.43. The number of amides is 1. The Kier molecular flexibility index (Phi) is 6.66. The van der Waals surface area contributed by atoms with Crippen molar-refractivity contribution in [1.29, 1.82) is 0 Å². The molecule has 1 fully saturated rings. The Morgan fingerprint density at radius 1 is 1.16 bits per heavy atom. The van der Waals surface area contributed by atoms with Gasteiger partial charge >= 0.3 is 0 Å². The van der Waals surface area contributed by atoms with Crippen molar-refractivity contribution in [2.75, 3.05) is 45.5 Å². The molecule has 1 aliphatic heterocycles. The van der Waals surface area contributed by atoms with Gasteiger partial charge in [-0.2, -0.15) is 0 Å². The van der Waals surface area contributed by atoms with E-state index in [1.807, 2.05) is 4.90 Å². The predicted molar refractivity (Wildman–Crippen MR) is 98.7 cm³/mol. The molecule has 0 bridgehead atoms. The van der Waals surface area contributed by atoms with E-state index < -0.39 is 9.84 Å². The Morgan fingerprint density at radius 2 is 1.72 bits per heavy atom. The maximum atomic E-state index is 12.3. The molecule has 1 aromatic carbocycles. The summed E-state index contributed by atoms with van der Waals surface area (Å²) in [4.78, 5) is 19.6. The number of nitrogens with one attached hydrogen (secondary N) is 1. The van der Waals surface area contributed by atoms with Crippen molar-refractivity contribution < 1.29 is 13.2 Å². The Hall–Kier alpha value is -1.80. The van der Waals surface area contributed by atoms with E-state index in [0.29, 0.717) is 37.2 Å². The normalized spacial score (nSPS) is 16.0. The maximum Gasteiger partial charge on any atom is 0.219 e. The van der Waals surface area contributed by atoms with E-state index >= 15 is 0 Å². The highest BCUT2D eigenvalue weighted by atomic mass is 35.5. The second-order valence-electron chi connectivity index (χ2n) is 5.74. The highest BCUT2D eigenvalue weighted by molar-refractivity contribution is 7.91. The second kappa shape index (κ2) is 8.53. The molecule has 0 aliphatic carbocycles. The van der Waals surface area contributed by atoms with E-state index in [9.17, 15) is 13.2 Å². The lowest BCUT2D eigenvalue weighted by Gasteiger charge is -2.36. The Balaban J connectivity index is 1.87. The number of nitrogens with zero attached hydrogens (tertiary/aromatic N) is 3. The monoisotopic (exact) mass is 386 g/mol. The fourth-order valence-electron chi connectivity index (χ4n) is 2.62. The van der Waals surface area contributed by atoms with Crippen molar-refractivity contribution in [3.8, 4) is 0 Å². The molecule has 25 heavy (non-hydrogen) atoms. The average molecular weight is 387 g/mol. The van der Waals surface area contributed by atoms with Gasteiger partial charge < -0.3 is 15.1 Å². The highest BCUT2D eigenvalue weighted by Crippen LogP contribution is 2.15. The lowest BCUT2D eigenvalue weighted by Crippen LogP contribution is -2.53. The number of rotatable bonds is 4. The molecule has 0 radical (unpaired) electrons. The second-order valence-corrected chi connectivity index (χ2v) is 8.29. The molecular formula is C16H23ClN4O3S. The Morgan fingerprint density at radius 3 is 2.24 bits per heavy atom. The van der Waals surface area contributed by atoms with Crippen molar-refractivity contribution in [1.82, 2.24) is 15.1 Å². The minimum atomic E-state index is -3.38. The molecule has 0 atom stereocenters. The van der Waals surface area contributed by atoms with Gasteiger partial charge in [0.2, 0.25) is 5.91 Å². The van der Waals surface area contributed by atoms with Crippen LogP contribution in [0.3, 0.4) is 0 Å². The molecular weight excluding hydrogens is 364 g/mol. The van der Waals surface area contributed by atoms with Crippen LogP contribution in [-0.4, -0.2) is 75.6 Å². The van der Waals surface area contributed by atoms with Crippen LogP contribution >= 0.6 is 11.6 Å². The molecule has 1 aliphatic rings. The molecule has 1 aromatic rings. The first-order valence-corrected chi connectivity index (χ1v) is 10.1. The van der Waals surface area contributed by atoms with Gasteiger partial charge in [0.25, 0.3) is 0 Å². The lowest BCUT2D eigenvalue weighted by atomic mass is 10.3. The summed E-state index contributed by atoms with van der Waals surface area (Å²) in [6, 6.07) is 6.14. The van der Waals surface area contributed by atoms with Crippen molar-refractivity contribution in [2.24, 2.45) is 4.99 Å². The fraction of sp³-hybridized carbons (Fsp3) is 0.500. The topological polar surface area (TPSA) is 82.1 Å². The van der Waals surface area contributed by atoms with Gasteiger partial charge in [-0.15, -0.1) is 0 Å². The summed E-state index contributed by atoms with van der Waals surface area (Å²) >= 11 is 5.79. The van der Waals surface area contributed by atoms with Crippen LogP contribution in [0, 0.1) is 0 Å². The molecule has 9 heteroatoms. The number of piperazine rings is 1. The third kappa shape index (κ3) is 5.34. The zero-order chi connectivity index (χ0) is 18.4. The number of hydrogen-bond donors (Lipinski definition) is 1. The molecule has 0 aromatic heterocycles. The SMILES string of the molecule is CN=C(NCCS(=O)(=O)c1ccc(Cl)cc1)N1CCN(C(C)=O)CC1. The van der Waals surface area contributed by atoms with Crippen LogP contribution in [0.1, 0.15) is 6.92 Å². The number of aliphatic imine (C=N–C) groups is 1. The van der Waals surface area contributed by atoms with Gasteiger partial charge in [0.15, 0.2) is 15.8 Å². The molecule has 0 spiro atoms. The molecule has 7 nitrogen and oxygen atoms in total. The summed E-state index contributed by atoms with van der Waals surface area (Å²) in [6.07, 6.45) is 0. The van der Waals surface area contributed by atoms with Crippen LogP contribution in [-0.2, 0) is 14.6 Å². The largest absolute Gasteiger partial charge is 0.355 e. The van der Waals surface area contributed by atoms with E-state index in [1.165, 1.54) is 12.1 Å². The molecule has 1 heterocycles. The molecule has 1 saturated heterocycles. The van der Waals surface area contributed by atoms with Crippen LogP contribution in [0.15, 0.2) is 34.2 Å². The fourth-order valence-corrected chi connectivity index (χ4v) is 3.91. The third-order valence-corrected chi connectivity index (χ3v) is 6.05. The van der Waals surface area contributed by atoms with Crippen molar-refractivity contribution >= 4 is 33.3 Å². The first-order valence-electron chi connectivity index (χ1n) is 8.03. The molecule has 138 valence electrons. The van der Waals surface area contributed by atoms with Crippen LogP contribution in [0.25, 0.3) is 0 Å². The zero-order valence-corrected chi connectivity index (χ0v) is 16.0. The quantitative estimate of drug-likeness (QED) is 0.613. The number of sulfone groups is 1. The van der Waals surface area contributed by atoms with Crippen LogP contribution in [0.2, 0.25) is 5.02 Å². The van der Waals surface area contributed by atoms with Gasteiger partial charge in [0.05, 0.1) is 10.6 Å². The van der Waals surface area contributed by atoms with Crippen LogP contribution < -0.4 is 5.32 Å². The third-order valence-electron chi connectivity index (χ3n) is 4.06. The van der Waals surface area contributed by atoms with Gasteiger partial charge in [-0.3, -0.25) is 9.79 Å².